The van der Waals surface area contributed by atoms with Crippen molar-refractivity contribution in [1.82, 2.24) is 10.4 Å². The number of nitrogens with zero attached hydrogens (tertiary/aromatic N) is 1. The zero-order valence-corrected chi connectivity index (χ0v) is 6.80. The molecule has 14 heavy (non-hydrogen) atoms. The molecule has 0 aliphatic carbocycles. The van der Waals surface area contributed by atoms with Crippen molar-refractivity contribution in [2.45, 2.75) is 6.18 Å². The molecule has 0 saturated heterocycles. The molecule has 3 N–H and O–H groups in total. The second kappa shape index (κ2) is 3.62. The predicted octanol–water partition coefficient (Wildman–Crippen LogP) is 0.704. The zero-order chi connectivity index (χ0) is 10.8. The first-order valence-electron chi connectivity index (χ1n) is 3.50. The Labute approximate surface area is 76.9 Å². The van der Waals surface area contributed by atoms with Gasteiger partial charge in [0.25, 0.3) is 5.91 Å². The van der Waals surface area contributed by atoms with Gasteiger partial charge in [0.1, 0.15) is 0 Å². The number of rotatable bonds is 1. The van der Waals surface area contributed by atoms with Gasteiger partial charge in [-0.05, 0) is 12.1 Å². The van der Waals surface area contributed by atoms with Gasteiger partial charge in [0.05, 0.1) is 5.56 Å². The number of hydrogen-bond acceptors (Lipinski definition) is 3. The van der Waals surface area contributed by atoms with Crippen molar-refractivity contribution in [3.8, 4) is 0 Å². The van der Waals surface area contributed by atoms with E-state index < -0.39 is 23.3 Å². The van der Waals surface area contributed by atoms with Crippen molar-refractivity contribution in [3.05, 3.63) is 29.6 Å². The molecular weight excluding hydrogens is 199 g/mol. The minimum atomic E-state index is -4.66. The smallest absolute Gasteiger partial charge is 0.290 e. The summed E-state index contributed by atoms with van der Waals surface area (Å²) in [5.74, 6) is 3.70. The highest BCUT2D eigenvalue weighted by molar-refractivity contribution is 5.94. The van der Waals surface area contributed by atoms with Crippen LogP contribution in [0.15, 0.2) is 18.3 Å². The lowest BCUT2D eigenvalue weighted by Crippen LogP contribution is -2.32. The van der Waals surface area contributed by atoms with Gasteiger partial charge in [-0.1, -0.05) is 0 Å². The Bertz CT molecular complexity index is 350. The van der Waals surface area contributed by atoms with Crippen LogP contribution in [0.2, 0.25) is 0 Å². The van der Waals surface area contributed by atoms with E-state index in [0.717, 1.165) is 12.3 Å². The van der Waals surface area contributed by atoms with Crippen LogP contribution in [-0.2, 0) is 6.18 Å². The summed E-state index contributed by atoms with van der Waals surface area (Å²) in [5, 5.41) is 0. The first-order valence-corrected chi connectivity index (χ1v) is 3.50. The third kappa shape index (κ3) is 1.99. The lowest BCUT2D eigenvalue weighted by molar-refractivity contribution is -0.141. The molecule has 7 heteroatoms. The van der Waals surface area contributed by atoms with Crippen molar-refractivity contribution in [1.29, 1.82) is 0 Å². The summed E-state index contributed by atoms with van der Waals surface area (Å²) in [5.41, 5.74) is -0.227. The number of aromatic nitrogens is 1. The summed E-state index contributed by atoms with van der Waals surface area (Å²) in [7, 11) is 0. The molecule has 0 spiro atoms. The van der Waals surface area contributed by atoms with Gasteiger partial charge in [0.2, 0.25) is 0 Å². The highest BCUT2D eigenvalue weighted by atomic mass is 19.4. The van der Waals surface area contributed by atoms with E-state index in [1.807, 2.05) is 0 Å². The molecule has 1 heterocycles. The molecule has 0 fully saturated rings. The molecule has 1 aromatic rings. The molecule has 0 aliphatic heterocycles. The van der Waals surface area contributed by atoms with E-state index >= 15 is 0 Å². The van der Waals surface area contributed by atoms with Crippen LogP contribution in [-0.4, -0.2) is 10.9 Å². The van der Waals surface area contributed by atoms with Crippen LogP contribution in [0.4, 0.5) is 13.2 Å². The minimum Gasteiger partial charge on any atom is -0.290 e. The van der Waals surface area contributed by atoms with Gasteiger partial charge in [-0.25, -0.2) is 5.84 Å². The molecule has 0 bridgehead atoms. The number of carbonyl (C=O) groups excluding carboxylic acids is 1. The summed E-state index contributed by atoms with van der Waals surface area (Å²) in [6, 6.07) is 2.22. The lowest BCUT2D eigenvalue weighted by atomic mass is 10.2. The van der Waals surface area contributed by atoms with Crippen molar-refractivity contribution in [2.75, 3.05) is 0 Å². The van der Waals surface area contributed by atoms with Gasteiger partial charge < -0.3 is 0 Å². The summed E-state index contributed by atoms with van der Waals surface area (Å²) < 4.78 is 36.8. The number of nitrogens with one attached hydrogen (secondary N) is 1. The van der Waals surface area contributed by atoms with Gasteiger partial charge >= 0.3 is 6.18 Å². The van der Waals surface area contributed by atoms with Crippen molar-refractivity contribution < 1.29 is 18.0 Å². The third-order valence-corrected chi connectivity index (χ3v) is 1.45. The summed E-state index contributed by atoms with van der Waals surface area (Å²) >= 11 is 0. The summed E-state index contributed by atoms with van der Waals surface area (Å²) in [6.07, 6.45) is -3.71. The van der Waals surface area contributed by atoms with Crippen LogP contribution in [0.25, 0.3) is 0 Å². The number of nitrogen functional groups attached to an aromatic ring is 1. The fourth-order valence-corrected chi connectivity index (χ4v) is 0.892. The second-order valence-corrected chi connectivity index (χ2v) is 2.37. The van der Waals surface area contributed by atoms with E-state index in [2.05, 4.69) is 4.98 Å². The van der Waals surface area contributed by atoms with Gasteiger partial charge in [0.15, 0.2) is 5.69 Å². The van der Waals surface area contributed by atoms with E-state index in [0.29, 0.717) is 0 Å². The van der Waals surface area contributed by atoms with Crippen LogP contribution in [0.1, 0.15) is 16.1 Å². The Hall–Kier alpha value is -1.63. The van der Waals surface area contributed by atoms with Crippen LogP contribution in [0.5, 0.6) is 0 Å². The average Bonchev–Trinajstić information content (AvgIpc) is 2.15. The molecule has 0 atom stereocenters. The first kappa shape index (κ1) is 10.5. The molecule has 0 radical (unpaired) electrons. The Balaban J connectivity index is 3.23. The van der Waals surface area contributed by atoms with Gasteiger partial charge in [-0.15, -0.1) is 0 Å². The van der Waals surface area contributed by atoms with E-state index in [9.17, 15) is 18.0 Å². The Morgan fingerprint density at radius 1 is 1.50 bits per heavy atom. The Morgan fingerprint density at radius 2 is 2.14 bits per heavy atom. The maximum Gasteiger partial charge on any atom is 0.434 e. The van der Waals surface area contributed by atoms with Gasteiger partial charge in [0, 0.05) is 6.20 Å². The summed E-state index contributed by atoms with van der Waals surface area (Å²) in [4.78, 5) is 14.0. The number of hydrazine groups is 1. The lowest BCUT2D eigenvalue weighted by Gasteiger charge is -2.09. The topological polar surface area (TPSA) is 68.0 Å². The van der Waals surface area contributed by atoms with Crippen LogP contribution in [0, 0.1) is 0 Å². The highest BCUT2D eigenvalue weighted by Crippen LogP contribution is 2.29. The average molecular weight is 205 g/mol. The van der Waals surface area contributed by atoms with Gasteiger partial charge in [-0.3, -0.25) is 15.2 Å². The summed E-state index contributed by atoms with van der Waals surface area (Å²) in [6.45, 7) is 0. The van der Waals surface area contributed by atoms with Crippen LogP contribution < -0.4 is 11.3 Å². The number of alkyl halides is 3. The standard InChI is InChI=1S/C7H6F3N3O/c8-7(9,10)5-4(6(14)13-11)2-1-3-12-5/h1-3H,11H2,(H,13,14). The van der Waals surface area contributed by atoms with E-state index in [1.54, 1.807) is 5.43 Å². The first-order chi connectivity index (χ1) is 6.46. The van der Waals surface area contributed by atoms with E-state index in [4.69, 9.17) is 5.84 Å². The third-order valence-electron chi connectivity index (χ3n) is 1.45. The number of carbonyl (C=O) groups is 1. The van der Waals surface area contributed by atoms with Gasteiger partial charge in [-0.2, -0.15) is 13.2 Å². The predicted molar refractivity (Wildman–Crippen MR) is 40.9 cm³/mol. The number of pyridine rings is 1. The Kier molecular flexibility index (Phi) is 2.70. The number of nitrogens with two attached hydrogens (primary N) is 1. The van der Waals surface area contributed by atoms with Crippen molar-refractivity contribution in [2.24, 2.45) is 5.84 Å². The van der Waals surface area contributed by atoms with Crippen LogP contribution >= 0.6 is 0 Å². The normalized spacial score (nSPS) is 11.1. The molecule has 76 valence electrons. The molecule has 0 aromatic carbocycles. The maximum absolute atomic E-state index is 12.3. The molecule has 0 aliphatic rings. The Morgan fingerprint density at radius 3 is 2.64 bits per heavy atom. The monoisotopic (exact) mass is 205 g/mol. The molecule has 1 aromatic heterocycles. The van der Waals surface area contributed by atoms with Crippen molar-refractivity contribution >= 4 is 5.91 Å². The van der Waals surface area contributed by atoms with E-state index in [-0.39, 0.29) is 0 Å². The fraction of sp³-hybridized carbons (Fsp3) is 0.143. The minimum absolute atomic E-state index is 0.595. The highest BCUT2D eigenvalue weighted by Gasteiger charge is 2.36. The van der Waals surface area contributed by atoms with Crippen LogP contribution in [0.3, 0.4) is 0 Å². The number of amides is 1. The maximum atomic E-state index is 12.3. The SMILES string of the molecule is NNC(=O)c1cccnc1C(F)(F)F. The molecule has 0 unspecified atom stereocenters. The number of halogens is 3. The largest absolute Gasteiger partial charge is 0.434 e. The molecular formula is C7H6F3N3O. The molecule has 1 rings (SSSR count). The quantitative estimate of drug-likeness (QED) is 0.403. The molecule has 0 saturated carbocycles. The zero-order valence-electron chi connectivity index (χ0n) is 6.80. The number of hydrogen-bond donors (Lipinski definition) is 2. The second-order valence-electron chi connectivity index (χ2n) is 2.37. The van der Waals surface area contributed by atoms with Crippen molar-refractivity contribution in [3.63, 3.8) is 0 Å². The fourth-order valence-electron chi connectivity index (χ4n) is 0.892. The molecule has 4 nitrogen and oxygen atoms in total. The molecule has 1 amide bonds. The van der Waals surface area contributed by atoms with E-state index in [1.165, 1.54) is 6.07 Å².